The van der Waals surface area contributed by atoms with E-state index in [9.17, 15) is 0 Å². The molecule has 1 heterocycles. The number of aromatic nitrogens is 2. The number of anilines is 1. The van der Waals surface area contributed by atoms with E-state index in [2.05, 4.69) is 15.3 Å². The lowest BCUT2D eigenvalue weighted by atomic mass is 10.2. The number of hydrogen-bond acceptors (Lipinski definition) is 5. The molecule has 0 saturated heterocycles. The summed E-state index contributed by atoms with van der Waals surface area (Å²) in [5.41, 5.74) is 7.56. The monoisotopic (exact) mass is 334 g/mol. The highest BCUT2D eigenvalue weighted by Crippen LogP contribution is 2.21. The van der Waals surface area contributed by atoms with Gasteiger partial charge in [-0.15, -0.1) is 0 Å². The van der Waals surface area contributed by atoms with Crippen molar-refractivity contribution in [1.29, 1.82) is 0 Å². The number of benzene rings is 2. The number of rotatable bonds is 7. The third-order valence-corrected chi connectivity index (χ3v) is 3.83. The van der Waals surface area contributed by atoms with Gasteiger partial charge in [0.1, 0.15) is 11.6 Å². The Morgan fingerprint density at radius 3 is 2.60 bits per heavy atom. The quantitative estimate of drug-likeness (QED) is 0.646. The molecule has 5 heteroatoms. The minimum absolute atomic E-state index is 0.653. The second-order valence-electron chi connectivity index (χ2n) is 5.62. The molecule has 3 rings (SSSR count). The average molecular weight is 334 g/mol. The van der Waals surface area contributed by atoms with Crippen LogP contribution >= 0.6 is 0 Å². The van der Waals surface area contributed by atoms with Gasteiger partial charge in [0.25, 0.3) is 0 Å². The van der Waals surface area contributed by atoms with Gasteiger partial charge >= 0.3 is 0 Å². The summed E-state index contributed by atoms with van der Waals surface area (Å²) >= 11 is 0. The first-order chi connectivity index (χ1) is 12.3. The lowest BCUT2D eigenvalue weighted by Crippen LogP contribution is -2.10. The molecule has 0 bridgehead atoms. The summed E-state index contributed by atoms with van der Waals surface area (Å²) in [6.45, 7) is 1.44. The second-order valence-corrected chi connectivity index (χ2v) is 5.62. The van der Waals surface area contributed by atoms with E-state index >= 15 is 0 Å². The predicted octanol–water partition coefficient (Wildman–Crippen LogP) is 3.57. The number of nitrogens with one attached hydrogen (secondary N) is 1. The van der Waals surface area contributed by atoms with Crippen molar-refractivity contribution in [2.24, 2.45) is 5.73 Å². The van der Waals surface area contributed by atoms with Crippen LogP contribution in [0.5, 0.6) is 5.75 Å². The van der Waals surface area contributed by atoms with Gasteiger partial charge in [0, 0.05) is 11.9 Å². The maximum Gasteiger partial charge on any atom is 0.154 e. The number of nitrogens with two attached hydrogens (primary N) is 1. The van der Waals surface area contributed by atoms with Gasteiger partial charge in [0.05, 0.1) is 12.6 Å². The summed E-state index contributed by atoms with van der Waals surface area (Å²) in [5.74, 6) is 2.35. The fourth-order valence-corrected chi connectivity index (χ4v) is 2.50. The molecule has 1 aromatic heterocycles. The Morgan fingerprint density at radius 2 is 1.84 bits per heavy atom. The van der Waals surface area contributed by atoms with E-state index in [0.29, 0.717) is 12.4 Å². The van der Waals surface area contributed by atoms with Crippen LogP contribution in [-0.2, 0) is 0 Å². The molecule has 0 radical (unpaired) electrons. The third-order valence-electron chi connectivity index (χ3n) is 3.83. The summed E-state index contributed by atoms with van der Waals surface area (Å²) < 4.78 is 5.18. The van der Waals surface area contributed by atoms with E-state index in [1.54, 1.807) is 7.11 Å². The smallest absolute Gasteiger partial charge is 0.154 e. The van der Waals surface area contributed by atoms with Crippen molar-refractivity contribution in [1.82, 2.24) is 9.97 Å². The molecular formula is C20H22N4O. The number of fused-ring (bicyclic) bond motifs is 1. The summed E-state index contributed by atoms with van der Waals surface area (Å²) in [6.07, 6.45) is 4.81. The third kappa shape index (κ3) is 4.33. The van der Waals surface area contributed by atoms with Crippen molar-refractivity contribution in [2.75, 3.05) is 25.5 Å². The molecule has 0 unspecified atom stereocenters. The van der Waals surface area contributed by atoms with Gasteiger partial charge in [-0.1, -0.05) is 30.3 Å². The Bertz CT molecular complexity index is 859. The topological polar surface area (TPSA) is 73.1 Å². The predicted molar refractivity (Wildman–Crippen MR) is 104 cm³/mol. The highest BCUT2D eigenvalue weighted by atomic mass is 16.5. The normalized spacial score (nSPS) is 11.1. The first-order valence-corrected chi connectivity index (χ1v) is 8.33. The molecule has 3 N–H and O–H groups in total. The molecular weight excluding hydrogens is 312 g/mol. The minimum atomic E-state index is 0.653. The molecule has 0 atom stereocenters. The molecule has 0 aliphatic heterocycles. The van der Waals surface area contributed by atoms with Crippen molar-refractivity contribution < 1.29 is 4.74 Å². The van der Waals surface area contributed by atoms with E-state index in [4.69, 9.17) is 10.5 Å². The van der Waals surface area contributed by atoms with Crippen LogP contribution in [-0.4, -0.2) is 30.2 Å². The molecule has 0 saturated carbocycles. The van der Waals surface area contributed by atoms with E-state index in [0.717, 1.165) is 41.0 Å². The summed E-state index contributed by atoms with van der Waals surface area (Å²) in [4.78, 5) is 9.27. The van der Waals surface area contributed by atoms with Gasteiger partial charge < -0.3 is 15.8 Å². The zero-order valence-electron chi connectivity index (χ0n) is 14.3. The fourth-order valence-electron chi connectivity index (χ4n) is 2.50. The average Bonchev–Trinajstić information content (AvgIpc) is 2.67. The zero-order valence-corrected chi connectivity index (χ0v) is 14.3. The van der Waals surface area contributed by atoms with Crippen molar-refractivity contribution >= 4 is 28.9 Å². The molecule has 128 valence electrons. The summed E-state index contributed by atoms with van der Waals surface area (Å²) in [5, 5.41) is 4.38. The number of hydrogen-bond donors (Lipinski definition) is 2. The fraction of sp³-hybridized carbons (Fsp3) is 0.200. The van der Waals surface area contributed by atoms with Crippen LogP contribution in [0.1, 0.15) is 17.8 Å². The molecule has 0 aliphatic carbocycles. The first-order valence-electron chi connectivity index (χ1n) is 8.33. The highest BCUT2D eigenvalue weighted by Gasteiger charge is 2.05. The molecule has 25 heavy (non-hydrogen) atoms. The van der Waals surface area contributed by atoms with Gasteiger partial charge in [-0.2, -0.15) is 0 Å². The molecule has 0 aliphatic rings. The number of para-hydroxylation sites is 1. The van der Waals surface area contributed by atoms with Crippen molar-refractivity contribution in [2.45, 2.75) is 6.42 Å². The molecule has 5 nitrogen and oxygen atoms in total. The standard InChI is InChI=1S/C20H22N4O/c1-25-16-10-7-15(8-11-16)9-12-19-23-18-6-3-2-5-17(18)20(24-19)22-14-4-13-21/h2-3,5-12H,4,13-14,21H2,1H3,(H,22,23,24). The minimum Gasteiger partial charge on any atom is -0.497 e. The molecule has 0 spiro atoms. The molecule has 0 amide bonds. The van der Waals surface area contributed by atoms with Crippen molar-refractivity contribution in [3.8, 4) is 5.75 Å². The van der Waals surface area contributed by atoms with Crippen LogP contribution in [0.4, 0.5) is 5.82 Å². The van der Waals surface area contributed by atoms with Gasteiger partial charge in [-0.3, -0.25) is 0 Å². The maximum atomic E-state index is 5.58. The van der Waals surface area contributed by atoms with Gasteiger partial charge in [-0.05, 0) is 48.9 Å². The Balaban J connectivity index is 1.88. The maximum absolute atomic E-state index is 5.58. The van der Waals surface area contributed by atoms with E-state index in [1.807, 2.05) is 60.7 Å². The van der Waals surface area contributed by atoms with Crippen LogP contribution in [0.15, 0.2) is 48.5 Å². The number of nitrogens with zero attached hydrogens (tertiary/aromatic N) is 2. The van der Waals surface area contributed by atoms with Gasteiger partial charge in [-0.25, -0.2) is 9.97 Å². The zero-order chi connectivity index (χ0) is 17.5. The SMILES string of the molecule is COc1ccc(C=Cc2nc(NCCCN)c3ccccc3n2)cc1. The van der Waals surface area contributed by atoms with Crippen molar-refractivity contribution in [3.05, 3.63) is 59.9 Å². The van der Waals surface area contributed by atoms with Crippen molar-refractivity contribution in [3.63, 3.8) is 0 Å². The number of methoxy groups -OCH3 is 1. The van der Waals surface area contributed by atoms with Crippen LogP contribution in [0, 0.1) is 0 Å². The van der Waals surface area contributed by atoms with Crippen LogP contribution in [0.3, 0.4) is 0 Å². The first kappa shape index (κ1) is 16.9. The lowest BCUT2D eigenvalue weighted by molar-refractivity contribution is 0.415. The number of ether oxygens (including phenoxy) is 1. The molecule has 0 fully saturated rings. The largest absolute Gasteiger partial charge is 0.497 e. The van der Waals surface area contributed by atoms with Gasteiger partial charge in [0.15, 0.2) is 5.82 Å². The van der Waals surface area contributed by atoms with Crippen LogP contribution < -0.4 is 15.8 Å². The summed E-state index contributed by atoms with van der Waals surface area (Å²) in [6, 6.07) is 15.9. The lowest BCUT2D eigenvalue weighted by Gasteiger charge is -2.09. The second kappa shape index (κ2) is 8.26. The summed E-state index contributed by atoms with van der Waals surface area (Å²) in [7, 11) is 1.66. The Labute approximate surface area is 147 Å². The molecule has 3 aromatic rings. The van der Waals surface area contributed by atoms with Crippen LogP contribution in [0.25, 0.3) is 23.1 Å². The van der Waals surface area contributed by atoms with E-state index in [-0.39, 0.29) is 0 Å². The Kier molecular flexibility index (Phi) is 5.59. The van der Waals surface area contributed by atoms with E-state index in [1.165, 1.54) is 0 Å². The highest BCUT2D eigenvalue weighted by molar-refractivity contribution is 5.90. The van der Waals surface area contributed by atoms with Crippen LogP contribution in [0.2, 0.25) is 0 Å². The van der Waals surface area contributed by atoms with E-state index < -0.39 is 0 Å². The Morgan fingerprint density at radius 1 is 1.04 bits per heavy atom. The molecule has 2 aromatic carbocycles. The van der Waals surface area contributed by atoms with Gasteiger partial charge in [0.2, 0.25) is 0 Å². The Hall–Kier alpha value is -2.92.